The van der Waals surface area contributed by atoms with Crippen LogP contribution < -0.4 is 30.5 Å². The molecule has 0 saturated carbocycles. The Bertz CT molecular complexity index is 1440. The molecule has 10 heteroatoms. The van der Waals surface area contributed by atoms with Crippen LogP contribution in [0.1, 0.15) is 22.8 Å². The van der Waals surface area contributed by atoms with Gasteiger partial charge in [-0.1, -0.05) is 24.3 Å². The zero-order chi connectivity index (χ0) is 26.3. The Hall–Kier alpha value is -4.44. The van der Waals surface area contributed by atoms with Gasteiger partial charge in [-0.05, 0) is 55.1 Å². The van der Waals surface area contributed by atoms with Crippen LogP contribution in [-0.4, -0.2) is 56.5 Å². The highest BCUT2D eigenvalue weighted by atomic mass is 16.5. The minimum atomic E-state index is -1.06. The average Bonchev–Trinajstić information content (AvgIpc) is 3.02. The van der Waals surface area contributed by atoms with E-state index < -0.39 is 29.9 Å². The molecular formula is C27H27N5O5. The van der Waals surface area contributed by atoms with Crippen LogP contribution in [0.4, 0.5) is 16.2 Å². The Kier molecular flexibility index (Phi) is 6.26. The predicted octanol–water partition coefficient (Wildman–Crippen LogP) is 2.16. The lowest BCUT2D eigenvalue weighted by atomic mass is 9.99. The summed E-state index contributed by atoms with van der Waals surface area (Å²) in [5, 5.41) is 9.65. The van der Waals surface area contributed by atoms with Crippen molar-refractivity contribution in [3.05, 3.63) is 65.7 Å². The molecule has 37 heavy (non-hydrogen) atoms. The summed E-state index contributed by atoms with van der Waals surface area (Å²) >= 11 is 0. The number of anilines is 2. The molecule has 10 nitrogen and oxygen atoms in total. The first-order chi connectivity index (χ1) is 17.8. The van der Waals surface area contributed by atoms with E-state index >= 15 is 0 Å². The number of hydrogen-bond donors (Lipinski definition) is 3. The van der Waals surface area contributed by atoms with E-state index in [1.807, 2.05) is 6.07 Å². The van der Waals surface area contributed by atoms with E-state index in [-0.39, 0.29) is 19.0 Å². The number of ether oxygens (including phenoxy) is 1. The highest BCUT2D eigenvalue weighted by molar-refractivity contribution is 6.14. The number of fused-ring (bicyclic) bond motifs is 3. The van der Waals surface area contributed by atoms with Crippen LogP contribution in [0.3, 0.4) is 0 Å². The third kappa shape index (κ3) is 4.25. The number of likely N-dealkylation sites (N-methyl/N-ethyl adjacent to an activating group) is 1. The summed E-state index contributed by atoms with van der Waals surface area (Å²) in [6.45, 7) is 1.63. The van der Waals surface area contributed by atoms with E-state index in [2.05, 4.69) is 16.0 Å². The number of hydrogen-bond acceptors (Lipinski definition) is 6. The zero-order valence-electron chi connectivity index (χ0n) is 20.7. The van der Waals surface area contributed by atoms with Crippen LogP contribution in [0.2, 0.25) is 0 Å². The Balaban J connectivity index is 1.74. The summed E-state index contributed by atoms with van der Waals surface area (Å²) in [4.78, 5) is 56.3. The van der Waals surface area contributed by atoms with Crippen molar-refractivity contribution < 1.29 is 23.9 Å². The molecule has 3 aromatic carbocycles. The fourth-order valence-electron chi connectivity index (χ4n) is 4.74. The Morgan fingerprint density at radius 1 is 1.05 bits per heavy atom. The number of benzene rings is 3. The molecule has 3 N–H and O–H groups in total. The van der Waals surface area contributed by atoms with Crippen LogP contribution >= 0.6 is 0 Å². The van der Waals surface area contributed by atoms with Crippen molar-refractivity contribution >= 4 is 45.9 Å². The topological polar surface area (TPSA) is 120 Å². The minimum Gasteiger partial charge on any atom is -0.496 e. The SMILES string of the molecule is CN[C@@H](C)C(=O)N[C@H]1CN2C(=O)NC(=O)c3ccc4c(c(OC)ccc4c3)CN(C1=O)c1ccccc12. The number of nitrogens with one attached hydrogen (secondary N) is 3. The van der Waals surface area contributed by atoms with E-state index in [9.17, 15) is 19.2 Å². The Labute approximate surface area is 213 Å². The van der Waals surface area contributed by atoms with Gasteiger partial charge in [-0.2, -0.15) is 0 Å². The van der Waals surface area contributed by atoms with E-state index in [4.69, 9.17) is 4.74 Å². The van der Waals surface area contributed by atoms with Gasteiger partial charge in [0.2, 0.25) is 5.91 Å². The van der Waals surface area contributed by atoms with Crippen molar-refractivity contribution in [2.24, 2.45) is 0 Å². The predicted molar refractivity (Wildman–Crippen MR) is 139 cm³/mol. The summed E-state index contributed by atoms with van der Waals surface area (Å²) in [6.07, 6.45) is 0. The monoisotopic (exact) mass is 501 g/mol. The van der Waals surface area contributed by atoms with Crippen molar-refractivity contribution in [1.29, 1.82) is 0 Å². The molecule has 0 spiro atoms. The van der Waals surface area contributed by atoms with Crippen molar-refractivity contribution in [3.63, 3.8) is 0 Å². The van der Waals surface area contributed by atoms with Gasteiger partial charge in [0.1, 0.15) is 11.8 Å². The van der Waals surface area contributed by atoms with Gasteiger partial charge in [0.05, 0.1) is 37.6 Å². The van der Waals surface area contributed by atoms with Crippen LogP contribution in [-0.2, 0) is 16.1 Å². The van der Waals surface area contributed by atoms with Crippen molar-refractivity contribution in [2.45, 2.75) is 25.6 Å². The van der Waals surface area contributed by atoms with E-state index in [0.717, 1.165) is 16.3 Å². The lowest BCUT2D eigenvalue weighted by Gasteiger charge is -2.27. The van der Waals surface area contributed by atoms with Crippen molar-refractivity contribution in [3.8, 4) is 5.75 Å². The average molecular weight is 502 g/mol. The number of carbonyl (C=O) groups excluding carboxylic acids is 4. The summed E-state index contributed by atoms with van der Waals surface area (Å²) in [5.41, 5.74) is 1.97. The molecule has 0 fully saturated rings. The number of nitrogens with zero attached hydrogens (tertiary/aromatic N) is 2. The van der Waals surface area contributed by atoms with Gasteiger partial charge in [0.25, 0.3) is 11.8 Å². The number of rotatable bonds is 4. The lowest BCUT2D eigenvalue weighted by Crippen LogP contribution is -2.56. The molecule has 3 aromatic rings. The normalized spacial score (nSPS) is 18.0. The number of urea groups is 1. The molecule has 6 rings (SSSR count). The number of methoxy groups -OCH3 is 1. The van der Waals surface area contributed by atoms with E-state index in [1.54, 1.807) is 74.5 Å². The molecule has 0 saturated heterocycles. The lowest BCUT2D eigenvalue weighted by molar-refractivity contribution is -0.128. The molecule has 3 heterocycles. The molecular weight excluding hydrogens is 474 g/mol. The molecule has 3 aliphatic rings. The largest absolute Gasteiger partial charge is 0.496 e. The molecule has 2 atom stereocenters. The summed E-state index contributed by atoms with van der Waals surface area (Å²) < 4.78 is 5.66. The van der Waals surface area contributed by atoms with Gasteiger partial charge < -0.3 is 20.3 Å². The maximum Gasteiger partial charge on any atom is 0.328 e. The van der Waals surface area contributed by atoms with Gasteiger partial charge in [-0.3, -0.25) is 24.6 Å². The number of para-hydroxylation sites is 2. The number of amides is 5. The third-order valence-corrected chi connectivity index (χ3v) is 6.89. The van der Waals surface area contributed by atoms with Gasteiger partial charge in [0, 0.05) is 11.1 Å². The van der Waals surface area contributed by atoms with Crippen LogP contribution in [0.25, 0.3) is 10.8 Å². The van der Waals surface area contributed by atoms with E-state index in [1.165, 1.54) is 4.90 Å². The van der Waals surface area contributed by atoms with Gasteiger partial charge in [0.15, 0.2) is 0 Å². The van der Waals surface area contributed by atoms with Crippen molar-refractivity contribution in [2.75, 3.05) is 30.5 Å². The first kappa shape index (κ1) is 24.3. The highest BCUT2D eigenvalue weighted by Gasteiger charge is 2.38. The number of imide groups is 1. The molecule has 0 radical (unpaired) electrons. The standard InChI is InChI=1S/C27H27N5O5/c1-15(28-2)24(33)29-20-14-32-22-7-5-4-6-21(22)31(26(20)35)13-19-18-10-8-17(25(34)30-27(32)36)12-16(18)9-11-23(19)37-3/h4-12,15,20,28H,13-14H2,1-3H3,(H,29,33)(H,30,34,36)/t15-,20-/m0/s1. The van der Waals surface area contributed by atoms with Gasteiger partial charge in [-0.25, -0.2) is 4.79 Å². The smallest absolute Gasteiger partial charge is 0.328 e. The Morgan fingerprint density at radius 3 is 2.49 bits per heavy atom. The molecule has 5 amide bonds. The molecule has 0 unspecified atom stereocenters. The van der Waals surface area contributed by atoms with Crippen LogP contribution in [0, 0.1) is 0 Å². The first-order valence-electron chi connectivity index (χ1n) is 11.9. The van der Waals surface area contributed by atoms with Crippen LogP contribution in [0.5, 0.6) is 5.75 Å². The molecule has 190 valence electrons. The maximum atomic E-state index is 14.1. The second-order valence-corrected chi connectivity index (χ2v) is 9.04. The summed E-state index contributed by atoms with van der Waals surface area (Å²) in [6, 6.07) is 13.4. The quantitative estimate of drug-likeness (QED) is 0.504. The summed E-state index contributed by atoms with van der Waals surface area (Å²) in [5.74, 6) is -0.776. The first-order valence-corrected chi connectivity index (χ1v) is 11.9. The third-order valence-electron chi connectivity index (χ3n) is 6.89. The second-order valence-electron chi connectivity index (χ2n) is 9.04. The Morgan fingerprint density at radius 2 is 1.78 bits per heavy atom. The van der Waals surface area contributed by atoms with Gasteiger partial charge >= 0.3 is 6.03 Å². The maximum absolute atomic E-state index is 14.1. The van der Waals surface area contributed by atoms with E-state index in [0.29, 0.717) is 22.7 Å². The fraction of sp³-hybridized carbons (Fsp3) is 0.259. The molecule has 0 aliphatic carbocycles. The highest BCUT2D eigenvalue weighted by Crippen LogP contribution is 2.37. The molecule has 3 aliphatic heterocycles. The second kappa shape index (κ2) is 9.55. The zero-order valence-corrected chi connectivity index (χ0v) is 20.7. The van der Waals surface area contributed by atoms with Gasteiger partial charge in [-0.15, -0.1) is 0 Å². The van der Waals surface area contributed by atoms with Crippen LogP contribution in [0.15, 0.2) is 54.6 Å². The molecule has 6 bridgehead atoms. The van der Waals surface area contributed by atoms with Crippen molar-refractivity contribution in [1.82, 2.24) is 16.0 Å². The minimum absolute atomic E-state index is 0.118. The number of carbonyl (C=O) groups is 4. The summed E-state index contributed by atoms with van der Waals surface area (Å²) in [7, 11) is 3.20. The fourth-order valence-corrected chi connectivity index (χ4v) is 4.74. The molecule has 0 aromatic heterocycles.